The van der Waals surface area contributed by atoms with Gasteiger partial charge in [-0.25, -0.2) is 5.43 Å². The third kappa shape index (κ3) is 5.96. The lowest BCUT2D eigenvalue weighted by Gasteiger charge is -2.28. The molecule has 3 aromatic carbocycles. The van der Waals surface area contributed by atoms with Gasteiger partial charge in [0, 0.05) is 24.7 Å². The quantitative estimate of drug-likeness (QED) is 0.313. The second kappa shape index (κ2) is 11.1. The lowest BCUT2D eigenvalue weighted by atomic mass is 10.1. The standard InChI is InChI=1S/C25H24N4O5/c30-25(18-34-22-9-7-21(8-10-22)20-4-2-1-3-5-20)27-26-17-19-6-11-23(24(16-19)29(31)32)28-12-14-33-15-13-28/h1-11,16-17H,12-15,18H2,(H,27,30)/b26-17+. The highest BCUT2D eigenvalue weighted by atomic mass is 16.6. The van der Waals surface area contributed by atoms with Gasteiger partial charge < -0.3 is 14.4 Å². The Bertz CT molecular complexity index is 1160. The van der Waals surface area contributed by atoms with Crippen LogP contribution in [-0.2, 0) is 9.53 Å². The molecule has 0 unspecified atom stereocenters. The van der Waals surface area contributed by atoms with Crippen LogP contribution in [-0.4, -0.2) is 50.0 Å². The summed E-state index contributed by atoms with van der Waals surface area (Å²) in [6.07, 6.45) is 1.36. The van der Waals surface area contributed by atoms with Crippen LogP contribution >= 0.6 is 0 Å². The number of hydrogen-bond donors (Lipinski definition) is 1. The zero-order chi connectivity index (χ0) is 23.8. The Morgan fingerprint density at radius 1 is 1.06 bits per heavy atom. The molecule has 0 aliphatic carbocycles. The van der Waals surface area contributed by atoms with Gasteiger partial charge in [-0.05, 0) is 29.3 Å². The number of benzene rings is 3. The van der Waals surface area contributed by atoms with Crippen LogP contribution < -0.4 is 15.1 Å². The molecule has 0 bridgehead atoms. The number of morpholine rings is 1. The largest absolute Gasteiger partial charge is 0.484 e. The van der Waals surface area contributed by atoms with E-state index in [9.17, 15) is 14.9 Å². The van der Waals surface area contributed by atoms with Gasteiger partial charge in [-0.15, -0.1) is 0 Å². The van der Waals surface area contributed by atoms with Gasteiger partial charge in [0.25, 0.3) is 11.6 Å². The Morgan fingerprint density at radius 3 is 2.47 bits per heavy atom. The summed E-state index contributed by atoms with van der Waals surface area (Å²) in [7, 11) is 0. The first-order valence-electron chi connectivity index (χ1n) is 10.8. The van der Waals surface area contributed by atoms with Gasteiger partial charge in [0.05, 0.1) is 24.4 Å². The van der Waals surface area contributed by atoms with Crippen molar-refractivity contribution in [2.45, 2.75) is 0 Å². The van der Waals surface area contributed by atoms with E-state index in [1.807, 2.05) is 47.4 Å². The summed E-state index contributed by atoms with van der Waals surface area (Å²) in [5.74, 6) is 0.121. The summed E-state index contributed by atoms with van der Waals surface area (Å²) in [6, 6.07) is 22.2. The Morgan fingerprint density at radius 2 is 1.76 bits per heavy atom. The summed E-state index contributed by atoms with van der Waals surface area (Å²) >= 11 is 0. The topological polar surface area (TPSA) is 106 Å². The minimum absolute atomic E-state index is 0.0144. The van der Waals surface area contributed by atoms with Gasteiger partial charge in [0.15, 0.2) is 6.61 Å². The van der Waals surface area contributed by atoms with Crippen molar-refractivity contribution in [1.82, 2.24) is 5.43 Å². The molecule has 1 heterocycles. The van der Waals surface area contributed by atoms with Crippen LogP contribution in [0.2, 0.25) is 0 Å². The molecule has 0 aromatic heterocycles. The van der Waals surface area contributed by atoms with E-state index in [0.717, 1.165) is 11.1 Å². The van der Waals surface area contributed by atoms with E-state index in [1.54, 1.807) is 24.3 Å². The highest BCUT2D eigenvalue weighted by molar-refractivity contribution is 5.85. The van der Waals surface area contributed by atoms with Crippen molar-refractivity contribution in [3.8, 4) is 16.9 Å². The fourth-order valence-electron chi connectivity index (χ4n) is 3.57. The average Bonchev–Trinajstić information content (AvgIpc) is 2.89. The molecule has 1 aliphatic rings. The predicted octanol–water partition coefficient (Wildman–Crippen LogP) is 3.63. The molecule has 1 N–H and O–H groups in total. The number of ether oxygens (including phenoxy) is 2. The molecule has 9 nitrogen and oxygen atoms in total. The molecule has 174 valence electrons. The number of carbonyl (C=O) groups is 1. The van der Waals surface area contributed by atoms with Gasteiger partial charge in [-0.2, -0.15) is 5.10 Å². The molecule has 3 aromatic rings. The van der Waals surface area contributed by atoms with Gasteiger partial charge in [-0.1, -0.05) is 48.5 Å². The smallest absolute Gasteiger partial charge is 0.293 e. The summed E-state index contributed by atoms with van der Waals surface area (Å²) in [4.78, 5) is 25.1. The second-order valence-corrected chi connectivity index (χ2v) is 7.58. The number of rotatable bonds is 8. The Hall–Kier alpha value is -4.24. The van der Waals surface area contributed by atoms with E-state index in [0.29, 0.717) is 43.3 Å². The molecule has 1 aliphatic heterocycles. The number of hydrogen-bond acceptors (Lipinski definition) is 7. The monoisotopic (exact) mass is 460 g/mol. The summed E-state index contributed by atoms with van der Waals surface area (Å²) in [6.45, 7) is 2.05. The van der Waals surface area contributed by atoms with Gasteiger partial charge >= 0.3 is 0 Å². The second-order valence-electron chi connectivity index (χ2n) is 7.58. The van der Waals surface area contributed by atoms with E-state index in [1.165, 1.54) is 12.3 Å². The van der Waals surface area contributed by atoms with Crippen LogP contribution in [0.15, 0.2) is 77.9 Å². The number of nitrogens with one attached hydrogen (secondary N) is 1. The molecular weight excluding hydrogens is 436 g/mol. The van der Waals surface area contributed by atoms with Crippen molar-refractivity contribution in [1.29, 1.82) is 0 Å². The van der Waals surface area contributed by atoms with Crippen LogP contribution in [0.1, 0.15) is 5.56 Å². The van der Waals surface area contributed by atoms with E-state index >= 15 is 0 Å². The van der Waals surface area contributed by atoms with Crippen molar-refractivity contribution >= 4 is 23.5 Å². The third-order valence-corrected chi connectivity index (χ3v) is 5.28. The molecule has 34 heavy (non-hydrogen) atoms. The molecule has 0 radical (unpaired) electrons. The summed E-state index contributed by atoms with van der Waals surface area (Å²) in [5, 5.41) is 15.4. The van der Waals surface area contributed by atoms with Crippen LogP contribution in [0, 0.1) is 10.1 Å². The van der Waals surface area contributed by atoms with Crippen LogP contribution in [0.3, 0.4) is 0 Å². The van der Waals surface area contributed by atoms with Crippen molar-refractivity contribution in [2.75, 3.05) is 37.8 Å². The zero-order valence-corrected chi connectivity index (χ0v) is 18.4. The van der Waals surface area contributed by atoms with Crippen LogP contribution in [0.4, 0.5) is 11.4 Å². The minimum Gasteiger partial charge on any atom is -0.484 e. The molecule has 4 rings (SSSR count). The zero-order valence-electron chi connectivity index (χ0n) is 18.4. The maximum atomic E-state index is 12.1. The van der Waals surface area contributed by atoms with Gasteiger partial charge in [-0.3, -0.25) is 14.9 Å². The predicted molar refractivity (Wildman–Crippen MR) is 129 cm³/mol. The highest BCUT2D eigenvalue weighted by Crippen LogP contribution is 2.29. The molecule has 9 heteroatoms. The normalized spacial score (nSPS) is 13.6. The number of carbonyl (C=O) groups excluding carboxylic acids is 1. The number of nitrogens with zero attached hydrogens (tertiary/aromatic N) is 3. The maximum Gasteiger partial charge on any atom is 0.293 e. The van der Waals surface area contributed by atoms with E-state index in [-0.39, 0.29) is 12.3 Å². The van der Waals surface area contributed by atoms with Crippen molar-refractivity contribution in [3.63, 3.8) is 0 Å². The fraction of sp³-hybridized carbons (Fsp3) is 0.200. The lowest BCUT2D eigenvalue weighted by Crippen LogP contribution is -2.36. The first kappa shape index (κ1) is 22.9. The Kier molecular flexibility index (Phi) is 7.46. The number of amides is 1. The number of nitro groups is 1. The van der Waals surface area contributed by atoms with Crippen LogP contribution in [0.25, 0.3) is 11.1 Å². The first-order valence-corrected chi connectivity index (χ1v) is 10.8. The summed E-state index contributed by atoms with van der Waals surface area (Å²) in [5.41, 5.74) is 5.55. The SMILES string of the molecule is O=C(COc1ccc(-c2ccccc2)cc1)N/N=C/c1ccc(N2CCOCC2)c([N+](=O)[O-])c1. The van der Waals surface area contributed by atoms with Gasteiger partial charge in [0.1, 0.15) is 11.4 Å². The molecule has 1 saturated heterocycles. The fourth-order valence-corrected chi connectivity index (χ4v) is 3.57. The van der Waals surface area contributed by atoms with Crippen molar-refractivity contribution < 1.29 is 19.2 Å². The Labute approximate surface area is 196 Å². The van der Waals surface area contributed by atoms with Crippen molar-refractivity contribution in [2.24, 2.45) is 5.10 Å². The van der Waals surface area contributed by atoms with E-state index < -0.39 is 10.8 Å². The third-order valence-electron chi connectivity index (χ3n) is 5.28. The molecular formula is C25H24N4O5. The van der Waals surface area contributed by atoms with E-state index in [2.05, 4.69) is 10.5 Å². The lowest BCUT2D eigenvalue weighted by molar-refractivity contribution is -0.384. The first-order chi connectivity index (χ1) is 16.6. The molecule has 0 saturated carbocycles. The van der Waals surface area contributed by atoms with Crippen molar-refractivity contribution in [3.05, 3.63) is 88.5 Å². The number of hydrazone groups is 1. The Balaban J connectivity index is 1.30. The van der Waals surface area contributed by atoms with Crippen LogP contribution in [0.5, 0.6) is 5.75 Å². The average molecular weight is 460 g/mol. The molecule has 0 spiro atoms. The molecule has 1 amide bonds. The minimum atomic E-state index is -0.442. The summed E-state index contributed by atoms with van der Waals surface area (Å²) < 4.78 is 10.8. The maximum absolute atomic E-state index is 12.1. The van der Waals surface area contributed by atoms with E-state index in [4.69, 9.17) is 9.47 Å². The molecule has 1 fully saturated rings. The number of nitro benzene ring substituents is 1. The number of anilines is 1. The van der Waals surface area contributed by atoms with Gasteiger partial charge in [0.2, 0.25) is 0 Å². The highest BCUT2D eigenvalue weighted by Gasteiger charge is 2.21. The molecule has 0 atom stereocenters.